The van der Waals surface area contributed by atoms with Gasteiger partial charge in [-0.05, 0) is 12.1 Å². The van der Waals surface area contributed by atoms with Crippen LogP contribution in [0.15, 0.2) is 29.2 Å². The van der Waals surface area contributed by atoms with Crippen molar-refractivity contribution in [1.29, 1.82) is 0 Å². The number of carbonyl (C=O) groups excluding carboxylic acids is 1. The molecule has 0 atom stereocenters. The van der Waals surface area contributed by atoms with E-state index < -0.39 is 15.9 Å². The van der Waals surface area contributed by atoms with E-state index in [4.69, 9.17) is 0 Å². The van der Waals surface area contributed by atoms with E-state index in [0.29, 0.717) is 0 Å². The molecule has 0 aliphatic carbocycles. The van der Waals surface area contributed by atoms with Gasteiger partial charge in [0.05, 0.1) is 5.56 Å². The van der Waals surface area contributed by atoms with Crippen LogP contribution < -0.4 is 4.72 Å². The summed E-state index contributed by atoms with van der Waals surface area (Å²) >= 11 is 0. The summed E-state index contributed by atoms with van der Waals surface area (Å²) in [5.41, 5.74) is 0.220. The van der Waals surface area contributed by atoms with Gasteiger partial charge in [-0.3, -0.25) is 4.79 Å². The monoisotopic (exact) mass is 323 g/mol. The second kappa shape index (κ2) is 3.76. The normalized spacial score (nSPS) is 17.1. The minimum absolute atomic E-state index is 0. The predicted octanol–water partition coefficient (Wildman–Crippen LogP) is -0.798. The van der Waals surface area contributed by atoms with E-state index in [1.165, 1.54) is 12.1 Å². The summed E-state index contributed by atoms with van der Waals surface area (Å²) in [6.45, 7) is 0. The van der Waals surface area contributed by atoms with Crippen LogP contribution in [0, 0.1) is 0 Å². The van der Waals surface area contributed by atoms with Crippen molar-refractivity contribution in [1.82, 2.24) is 4.72 Å². The first-order valence-corrected chi connectivity index (χ1v) is 4.76. The average molecular weight is 323 g/mol. The zero-order chi connectivity index (χ0) is 8.77. The Bertz CT molecular complexity index is 455. The van der Waals surface area contributed by atoms with Gasteiger partial charge in [-0.2, -0.15) is 0 Å². The number of sulfonamides is 1. The van der Waals surface area contributed by atoms with E-state index in [1.807, 2.05) is 4.72 Å². The van der Waals surface area contributed by atoms with E-state index >= 15 is 0 Å². The molecule has 66 valence electrons. The molecule has 0 fully saturated rings. The van der Waals surface area contributed by atoms with Gasteiger partial charge in [-0.15, -0.1) is 0 Å². The second-order valence-corrected chi connectivity index (χ2v) is 4.08. The number of carbonyl (C=O) groups is 1. The Hall–Kier alpha value is 0.211. The van der Waals surface area contributed by atoms with Crippen molar-refractivity contribution >= 4 is 64.8 Å². The first-order valence-electron chi connectivity index (χ1n) is 3.27. The maximum absolute atomic E-state index is 11.1. The zero-order valence-corrected chi connectivity index (χ0v) is 6.76. The molecule has 0 unspecified atom stereocenters. The summed E-state index contributed by atoms with van der Waals surface area (Å²) in [6.07, 6.45) is 0. The quantitative estimate of drug-likeness (QED) is 0.636. The minimum atomic E-state index is -3.55. The first-order chi connectivity index (χ1) is 5.61. The van der Waals surface area contributed by atoms with E-state index in [0.717, 1.165) is 0 Å². The molecule has 0 bridgehead atoms. The van der Waals surface area contributed by atoms with E-state index in [-0.39, 0.29) is 59.3 Å². The molecule has 0 radical (unpaired) electrons. The molecule has 0 spiro atoms. The van der Waals surface area contributed by atoms with Crippen molar-refractivity contribution in [3.05, 3.63) is 29.8 Å². The third-order valence-corrected chi connectivity index (χ3v) is 3.04. The van der Waals surface area contributed by atoms with Crippen LogP contribution in [0.3, 0.4) is 0 Å². The van der Waals surface area contributed by atoms with Gasteiger partial charge in [0, 0.05) is 0 Å². The fourth-order valence-corrected chi connectivity index (χ4v) is 2.29. The summed E-state index contributed by atoms with van der Waals surface area (Å²) < 4.78 is 24.2. The third kappa shape index (κ3) is 1.85. The van der Waals surface area contributed by atoms with Crippen molar-refractivity contribution in [3.8, 4) is 0 Å². The Balaban J connectivity index is 0.000000845. The number of benzene rings is 1. The predicted molar refractivity (Wildman–Crippen MR) is 49.6 cm³/mol. The summed E-state index contributed by atoms with van der Waals surface area (Å²) in [7, 11) is -3.55. The van der Waals surface area contributed by atoms with E-state index in [9.17, 15) is 13.2 Å². The molecule has 1 aliphatic heterocycles. The summed E-state index contributed by atoms with van der Waals surface area (Å²) in [5, 5.41) is 0. The molecule has 2 rings (SSSR count). The summed E-state index contributed by atoms with van der Waals surface area (Å²) in [5.74, 6) is -0.550. The summed E-state index contributed by atoms with van der Waals surface area (Å²) in [6, 6.07) is 6.09. The van der Waals surface area contributed by atoms with Crippen LogP contribution in [0.1, 0.15) is 10.4 Å². The van der Waals surface area contributed by atoms with Gasteiger partial charge in [0.25, 0.3) is 15.9 Å². The Morgan fingerprint density at radius 2 is 1.77 bits per heavy atom. The molecule has 1 amide bonds. The first kappa shape index (κ1) is 11.3. The SMILES string of the molecule is O=C1NS(=O)(=O)c2ccccc21.[BaH2]. The number of amides is 1. The number of fused-ring (bicyclic) bond motifs is 1. The van der Waals surface area contributed by atoms with Crippen LogP contribution in [0.4, 0.5) is 0 Å². The molecule has 13 heavy (non-hydrogen) atoms. The Labute approximate surface area is 116 Å². The van der Waals surface area contributed by atoms with Gasteiger partial charge in [0.15, 0.2) is 0 Å². The molecule has 1 aromatic rings. The van der Waals surface area contributed by atoms with Gasteiger partial charge >= 0.3 is 48.9 Å². The van der Waals surface area contributed by atoms with Crippen LogP contribution in [0.2, 0.25) is 0 Å². The van der Waals surface area contributed by atoms with E-state index in [1.54, 1.807) is 12.1 Å². The molecule has 4 nitrogen and oxygen atoms in total. The van der Waals surface area contributed by atoms with Crippen LogP contribution in [-0.2, 0) is 10.0 Å². The molecule has 0 saturated carbocycles. The van der Waals surface area contributed by atoms with Crippen molar-refractivity contribution in [2.24, 2.45) is 0 Å². The van der Waals surface area contributed by atoms with Gasteiger partial charge in [-0.25, -0.2) is 13.1 Å². The molecular formula is C7H7BaNO3S. The van der Waals surface area contributed by atoms with Crippen molar-refractivity contribution in [2.45, 2.75) is 4.90 Å². The van der Waals surface area contributed by atoms with Crippen molar-refractivity contribution in [3.63, 3.8) is 0 Å². The molecule has 0 saturated heterocycles. The topological polar surface area (TPSA) is 63.2 Å². The maximum atomic E-state index is 11.1. The van der Waals surface area contributed by atoms with Gasteiger partial charge in [-0.1, -0.05) is 12.1 Å². The van der Waals surface area contributed by atoms with Gasteiger partial charge in [0.2, 0.25) is 0 Å². The zero-order valence-electron chi connectivity index (χ0n) is 5.94. The molecule has 6 heteroatoms. The van der Waals surface area contributed by atoms with Gasteiger partial charge < -0.3 is 0 Å². The Morgan fingerprint density at radius 1 is 1.15 bits per heavy atom. The average Bonchev–Trinajstić information content (AvgIpc) is 2.25. The van der Waals surface area contributed by atoms with Crippen molar-refractivity contribution in [2.75, 3.05) is 0 Å². The van der Waals surface area contributed by atoms with Crippen LogP contribution >= 0.6 is 0 Å². The number of hydrogen-bond donors (Lipinski definition) is 1. The number of nitrogens with one attached hydrogen (secondary N) is 1. The van der Waals surface area contributed by atoms with Crippen molar-refractivity contribution < 1.29 is 13.2 Å². The molecular weight excluding hydrogens is 315 g/mol. The van der Waals surface area contributed by atoms with Gasteiger partial charge in [0.1, 0.15) is 4.90 Å². The molecule has 0 aromatic heterocycles. The Morgan fingerprint density at radius 3 is 2.38 bits per heavy atom. The van der Waals surface area contributed by atoms with E-state index in [2.05, 4.69) is 0 Å². The van der Waals surface area contributed by atoms with Crippen LogP contribution in [-0.4, -0.2) is 63.2 Å². The fraction of sp³-hybridized carbons (Fsp3) is 0. The number of hydrogen-bond acceptors (Lipinski definition) is 3. The molecule has 1 aromatic carbocycles. The standard InChI is InChI=1S/C7H5NO3S.Ba.2H/c9-7-5-3-1-2-4-6(5)12(10,11)8-7;;;/h1-4H,(H,8,9);;;. The van der Waals surface area contributed by atoms with Crippen LogP contribution in [0.5, 0.6) is 0 Å². The fourth-order valence-electron chi connectivity index (χ4n) is 1.12. The summed E-state index contributed by atoms with van der Waals surface area (Å²) in [4.78, 5) is 11.1. The number of rotatable bonds is 0. The molecule has 1 heterocycles. The Kier molecular flexibility index (Phi) is 3.26. The molecule has 1 N–H and O–H groups in total. The third-order valence-electron chi connectivity index (χ3n) is 1.65. The molecule has 1 aliphatic rings. The second-order valence-electron chi connectivity index (χ2n) is 2.43. The van der Waals surface area contributed by atoms with Crippen LogP contribution in [0.25, 0.3) is 0 Å².